The number of halogens is 4. The molecule has 4 aromatic rings. The highest BCUT2D eigenvalue weighted by molar-refractivity contribution is 6.32. The Morgan fingerprint density at radius 1 is 1.15 bits per heavy atom. The number of carbonyl (C=O) groups is 1. The third-order valence-electron chi connectivity index (χ3n) is 6.17. The Bertz CT molecular complexity index is 1560. The third-order valence-corrected chi connectivity index (χ3v) is 6.47. The molecule has 0 spiro atoms. The summed E-state index contributed by atoms with van der Waals surface area (Å²) in [6.45, 7) is 1.72. The van der Waals surface area contributed by atoms with Crippen LogP contribution in [0, 0.1) is 0 Å². The lowest BCUT2D eigenvalue weighted by Crippen LogP contribution is -2.27. The van der Waals surface area contributed by atoms with Crippen molar-refractivity contribution >= 4 is 40.9 Å². The van der Waals surface area contributed by atoms with Crippen LogP contribution in [-0.2, 0) is 17.5 Å². The van der Waals surface area contributed by atoms with Crippen molar-refractivity contribution < 1.29 is 22.7 Å². The highest BCUT2D eigenvalue weighted by Crippen LogP contribution is 2.36. The van der Waals surface area contributed by atoms with Crippen molar-refractivity contribution in [2.75, 3.05) is 23.7 Å². The number of fused-ring (bicyclic) bond motifs is 1. The van der Waals surface area contributed by atoms with Gasteiger partial charge in [0.25, 0.3) is 0 Å². The summed E-state index contributed by atoms with van der Waals surface area (Å²) >= 11 is 6.40. The van der Waals surface area contributed by atoms with Gasteiger partial charge in [0.15, 0.2) is 0 Å². The van der Waals surface area contributed by atoms with E-state index in [1.54, 1.807) is 30.5 Å². The molecule has 1 amide bonds. The van der Waals surface area contributed by atoms with Gasteiger partial charge in [0.2, 0.25) is 5.91 Å². The molecule has 0 atom stereocenters. The fraction of sp³-hybridized carbons (Fsp3) is 0.214. The van der Waals surface area contributed by atoms with Gasteiger partial charge in [-0.05, 0) is 61.4 Å². The van der Waals surface area contributed by atoms with Gasteiger partial charge in [0.1, 0.15) is 29.5 Å². The molecule has 0 aliphatic carbocycles. The number of hydrogen-bond donors (Lipinski definition) is 3. The van der Waals surface area contributed by atoms with Crippen LogP contribution in [0.25, 0.3) is 6.08 Å². The highest BCUT2D eigenvalue weighted by Gasteiger charge is 2.30. The van der Waals surface area contributed by atoms with Crippen molar-refractivity contribution in [1.29, 1.82) is 0 Å². The first-order valence-electron chi connectivity index (χ1n) is 12.7. The van der Waals surface area contributed by atoms with Crippen molar-refractivity contribution in [2.45, 2.75) is 25.6 Å². The van der Waals surface area contributed by atoms with Crippen LogP contribution in [0.15, 0.2) is 72.8 Å². The summed E-state index contributed by atoms with van der Waals surface area (Å²) in [5.74, 6) is 1.03. The van der Waals surface area contributed by atoms with Gasteiger partial charge in [0, 0.05) is 43.3 Å². The molecule has 0 unspecified atom stereocenters. The van der Waals surface area contributed by atoms with Crippen LogP contribution < -0.4 is 20.7 Å². The SMILES string of the molecule is O=C(NCCCn1cccn1)C1=Cc2c(ncnc2Nc2ccc(Oc3cccc(C(F)(F)F)c3)c(Cl)c2)NCC1. The number of benzene rings is 2. The maximum absolute atomic E-state index is 13.0. The number of amides is 1. The number of aromatic nitrogens is 4. The number of carbonyl (C=O) groups excluding carboxylic acids is 1. The number of rotatable bonds is 9. The number of nitrogens with one attached hydrogen (secondary N) is 3. The zero-order valence-corrected chi connectivity index (χ0v) is 22.3. The van der Waals surface area contributed by atoms with Gasteiger partial charge in [-0.1, -0.05) is 17.7 Å². The van der Waals surface area contributed by atoms with E-state index in [0.717, 1.165) is 18.6 Å². The lowest BCUT2D eigenvalue weighted by molar-refractivity contribution is -0.137. The van der Waals surface area contributed by atoms with Crippen LogP contribution >= 0.6 is 11.6 Å². The highest BCUT2D eigenvalue weighted by atomic mass is 35.5. The minimum Gasteiger partial charge on any atom is -0.456 e. The van der Waals surface area contributed by atoms with E-state index in [-0.39, 0.29) is 22.4 Å². The Hall–Kier alpha value is -4.58. The zero-order chi connectivity index (χ0) is 28.8. The second kappa shape index (κ2) is 12.3. The smallest absolute Gasteiger partial charge is 0.416 e. The van der Waals surface area contributed by atoms with Crippen molar-refractivity contribution in [3.8, 4) is 11.5 Å². The normalized spacial score (nSPS) is 12.9. The van der Waals surface area contributed by atoms with E-state index in [9.17, 15) is 18.0 Å². The van der Waals surface area contributed by atoms with Crippen LogP contribution in [-0.4, -0.2) is 38.7 Å². The number of alkyl halides is 3. The summed E-state index contributed by atoms with van der Waals surface area (Å²) < 4.78 is 46.5. The molecule has 41 heavy (non-hydrogen) atoms. The lowest BCUT2D eigenvalue weighted by atomic mass is 10.1. The average Bonchev–Trinajstić information content (AvgIpc) is 3.36. The van der Waals surface area contributed by atoms with Crippen molar-refractivity contribution in [3.05, 3.63) is 89.0 Å². The van der Waals surface area contributed by atoms with Gasteiger partial charge in [-0.15, -0.1) is 0 Å². The number of hydrogen-bond acceptors (Lipinski definition) is 7. The monoisotopic (exact) mass is 583 g/mol. The topological polar surface area (TPSA) is 106 Å². The van der Waals surface area contributed by atoms with E-state index in [2.05, 4.69) is 31.0 Å². The first-order chi connectivity index (χ1) is 19.8. The zero-order valence-electron chi connectivity index (χ0n) is 21.6. The van der Waals surface area contributed by atoms with Gasteiger partial charge in [0.05, 0.1) is 16.1 Å². The molecular weight excluding hydrogens is 559 g/mol. The molecule has 3 N–H and O–H groups in total. The number of aryl methyl sites for hydroxylation is 1. The average molecular weight is 584 g/mol. The fourth-order valence-electron chi connectivity index (χ4n) is 4.16. The molecule has 3 heterocycles. The molecule has 1 aliphatic rings. The minimum atomic E-state index is -4.49. The van der Waals surface area contributed by atoms with Crippen LogP contribution in [0.3, 0.4) is 0 Å². The Kier molecular flexibility index (Phi) is 8.39. The number of anilines is 3. The van der Waals surface area contributed by atoms with Crippen LogP contribution in [0.5, 0.6) is 11.5 Å². The first kappa shape index (κ1) is 28.0. The summed E-state index contributed by atoms with van der Waals surface area (Å²) in [4.78, 5) is 21.6. The molecule has 0 fully saturated rings. The van der Waals surface area contributed by atoms with Crippen molar-refractivity contribution in [1.82, 2.24) is 25.1 Å². The summed E-state index contributed by atoms with van der Waals surface area (Å²) in [7, 11) is 0. The van der Waals surface area contributed by atoms with Gasteiger partial charge in [-0.3, -0.25) is 9.48 Å². The molecule has 0 radical (unpaired) electrons. The predicted molar refractivity (Wildman–Crippen MR) is 149 cm³/mol. The Balaban J connectivity index is 1.28. The van der Waals surface area contributed by atoms with E-state index < -0.39 is 11.7 Å². The Morgan fingerprint density at radius 3 is 2.80 bits per heavy atom. The molecule has 212 valence electrons. The predicted octanol–water partition coefficient (Wildman–Crippen LogP) is 6.29. The molecule has 2 aromatic heterocycles. The molecule has 0 saturated carbocycles. The van der Waals surface area contributed by atoms with Gasteiger partial charge in [-0.25, -0.2) is 9.97 Å². The van der Waals surface area contributed by atoms with E-state index in [1.807, 2.05) is 16.9 Å². The quantitative estimate of drug-likeness (QED) is 0.199. The largest absolute Gasteiger partial charge is 0.456 e. The second-order valence-electron chi connectivity index (χ2n) is 9.11. The van der Waals surface area contributed by atoms with Crippen molar-refractivity contribution in [3.63, 3.8) is 0 Å². The van der Waals surface area contributed by atoms with Gasteiger partial charge < -0.3 is 20.7 Å². The summed E-state index contributed by atoms with van der Waals surface area (Å²) in [5, 5.41) is 13.7. The molecule has 2 aromatic carbocycles. The third kappa shape index (κ3) is 7.14. The van der Waals surface area contributed by atoms with Crippen LogP contribution in [0.4, 0.5) is 30.5 Å². The summed E-state index contributed by atoms with van der Waals surface area (Å²) in [6.07, 6.45) is 3.48. The van der Waals surface area contributed by atoms with Gasteiger partial charge >= 0.3 is 6.18 Å². The van der Waals surface area contributed by atoms with E-state index in [4.69, 9.17) is 16.3 Å². The summed E-state index contributed by atoms with van der Waals surface area (Å²) in [6, 6.07) is 11.2. The minimum absolute atomic E-state index is 0.00644. The van der Waals surface area contributed by atoms with E-state index in [0.29, 0.717) is 54.5 Å². The maximum Gasteiger partial charge on any atom is 0.416 e. The number of ether oxygens (including phenoxy) is 1. The molecule has 1 aliphatic heterocycles. The lowest BCUT2D eigenvalue weighted by Gasteiger charge is -2.14. The fourth-order valence-corrected chi connectivity index (χ4v) is 4.38. The van der Waals surface area contributed by atoms with Crippen LogP contribution in [0.1, 0.15) is 24.0 Å². The number of nitrogens with zero attached hydrogens (tertiary/aromatic N) is 4. The molecule has 13 heteroatoms. The van der Waals surface area contributed by atoms with E-state index >= 15 is 0 Å². The van der Waals surface area contributed by atoms with Gasteiger partial charge in [-0.2, -0.15) is 18.3 Å². The van der Waals surface area contributed by atoms with Crippen LogP contribution in [0.2, 0.25) is 5.02 Å². The molecule has 9 nitrogen and oxygen atoms in total. The first-order valence-corrected chi connectivity index (χ1v) is 13.1. The van der Waals surface area contributed by atoms with E-state index in [1.165, 1.54) is 18.5 Å². The molecular formula is C28H25ClF3N7O2. The Labute approximate surface area is 238 Å². The Morgan fingerprint density at radius 2 is 2.02 bits per heavy atom. The maximum atomic E-state index is 13.0. The van der Waals surface area contributed by atoms with Crippen molar-refractivity contribution in [2.24, 2.45) is 0 Å². The molecule has 5 rings (SSSR count). The molecule has 0 bridgehead atoms. The standard InChI is InChI=1S/C28H25ClF3N7O2/c29-23-16-20(6-7-24(23)41-21-5-1-4-19(15-21)28(30,31)32)38-26-22-14-18(8-11-33-25(22)35-17-36-26)27(40)34-9-2-12-39-13-3-10-37-39/h1,3-7,10,13-17H,2,8-9,11-12H2,(H,34,40)(H2,33,35,36,38). The second-order valence-corrected chi connectivity index (χ2v) is 9.51. The molecule has 0 saturated heterocycles. The summed E-state index contributed by atoms with van der Waals surface area (Å²) in [5.41, 5.74) is 0.913.